The number of nitrogens with one attached hydrogen (secondary N) is 1. The Hall–Kier alpha value is -3.62. The Morgan fingerprint density at radius 1 is 1.04 bits per heavy atom. The smallest absolute Gasteiger partial charge is 0.379 e. The van der Waals surface area contributed by atoms with E-state index in [9.17, 15) is 19.6 Å². The van der Waals surface area contributed by atoms with Crippen molar-refractivity contribution in [3.8, 4) is 5.88 Å². The van der Waals surface area contributed by atoms with E-state index in [0.717, 1.165) is 0 Å². The molecule has 0 unspecified atom stereocenters. The van der Waals surface area contributed by atoms with E-state index in [1.54, 1.807) is 6.07 Å². The number of pyridine rings is 1. The van der Waals surface area contributed by atoms with E-state index in [0.29, 0.717) is 4.73 Å². The third kappa shape index (κ3) is 4.69. The summed E-state index contributed by atoms with van der Waals surface area (Å²) in [6.45, 7) is -0.442. The van der Waals surface area contributed by atoms with E-state index in [1.165, 1.54) is 50.7 Å². The minimum Gasteiger partial charge on any atom is -0.616 e. The quantitative estimate of drug-likeness (QED) is 0.462. The summed E-state index contributed by atoms with van der Waals surface area (Å²) in [5, 5.41) is 13.9. The summed E-state index contributed by atoms with van der Waals surface area (Å²) >= 11 is 0. The van der Waals surface area contributed by atoms with Crippen molar-refractivity contribution < 1.29 is 33.3 Å². The maximum atomic E-state index is 12.0. The van der Waals surface area contributed by atoms with Crippen LogP contribution in [0.3, 0.4) is 0 Å². The number of amides is 1. The largest absolute Gasteiger partial charge is 0.616 e. The summed E-state index contributed by atoms with van der Waals surface area (Å²) in [6, 6.07) is 8.48. The highest BCUT2D eigenvalue weighted by molar-refractivity contribution is 5.99. The van der Waals surface area contributed by atoms with Gasteiger partial charge in [-0.05, 0) is 24.3 Å². The van der Waals surface area contributed by atoms with E-state index < -0.39 is 24.5 Å². The number of hydrogen-bond donors (Lipinski definition) is 1. The fraction of sp³-hybridized carbons (Fsp3) is 0.176. The van der Waals surface area contributed by atoms with Crippen LogP contribution in [0.15, 0.2) is 42.6 Å². The second-order valence-corrected chi connectivity index (χ2v) is 4.98. The lowest BCUT2D eigenvalue weighted by Gasteiger charge is -2.10. The van der Waals surface area contributed by atoms with Gasteiger partial charge in [-0.1, -0.05) is 0 Å². The number of esters is 2. The molecule has 26 heavy (non-hydrogen) atoms. The van der Waals surface area contributed by atoms with Gasteiger partial charge in [0, 0.05) is 11.8 Å². The van der Waals surface area contributed by atoms with Crippen LogP contribution >= 0.6 is 0 Å². The van der Waals surface area contributed by atoms with E-state index in [1.807, 2.05) is 0 Å². The summed E-state index contributed by atoms with van der Waals surface area (Å²) in [7, 11) is 2.38. The fourth-order valence-electron chi connectivity index (χ4n) is 2.03. The zero-order chi connectivity index (χ0) is 19.1. The number of rotatable bonds is 6. The van der Waals surface area contributed by atoms with Gasteiger partial charge in [0.1, 0.15) is 0 Å². The lowest BCUT2D eigenvalue weighted by atomic mass is 10.1. The van der Waals surface area contributed by atoms with Crippen molar-refractivity contribution >= 4 is 23.5 Å². The van der Waals surface area contributed by atoms with Crippen molar-refractivity contribution in [1.29, 1.82) is 0 Å². The summed E-state index contributed by atoms with van der Waals surface area (Å²) in [4.78, 5) is 35.4. The number of carbonyl (C=O) groups excluding carboxylic acids is 3. The van der Waals surface area contributed by atoms with Crippen LogP contribution in [0.25, 0.3) is 0 Å². The SMILES string of the molecule is COC(=O)c1cc(NC(=O)COc2cccc[n+]2[O-])cc(C(=O)OC)c1. The monoisotopic (exact) mass is 360 g/mol. The average Bonchev–Trinajstić information content (AvgIpc) is 2.65. The highest BCUT2D eigenvalue weighted by Crippen LogP contribution is 2.17. The molecular formula is C17H16N2O7. The molecular weight excluding hydrogens is 344 g/mol. The molecule has 0 saturated carbocycles. The summed E-state index contributed by atoms with van der Waals surface area (Å²) < 4.78 is 14.8. The van der Waals surface area contributed by atoms with Gasteiger partial charge in [0.05, 0.1) is 31.4 Å². The molecule has 0 atom stereocenters. The average molecular weight is 360 g/mol. The molecule has 2 rings (SSSR count). The molecule has 2 aromatic rings. The van der Waals surface area contributed by atoms with Gasteiger partial charge < -0.3 is 24.7 Å². The van der Waals surface area contributed by atoms with Crippen molar-refractivity contribution in [2.75, 3.05) is 26.1 Å². The van der Waals surface area contributed by atoms with Gasteiger partial charge in [0.25, 0.3) is 5.91 Å². The first-order valence-corrected chi connectivity index (χ1v) is 7.37. The van der Waals surface area contributed by atoms with Gasteiger partial charge in [-0.3, -0.25) is 4.79 Å². The number of hydrogen-bond acceptors (Lipinski definition) is 7. The Morgan fingerprint density at radius 3 is 2.19 bits per heavy atom. The van der Waals surface area contributed by atoms with Crippen LogP contribution in [0.5, 0.6) is 5.88 Å². The molecule has 9 nitrogen and oxygen atoms in total. The Morgan fingerprint density at radius 2 is 1.65 bits per heavy atom. The van der Waals surface area contributed by atoms with Crippen LogP contribution in [-0.4, -0.2) is 38.7 Å². The molecule has 0 aliphatic heterocycles. The van der Waals surface area contributed by atoms with Crippen LogP contribution in [0.4, 0.5) is 5.69 Å². The van der Waals surface area contributed by atoms with Crippen LogP contribution in [0.2, 0.25) is 0 Å². The van der Waals surface area contributed by atoms with Crippen molar-refractivity contribution in [3.63, 3.8) is 0 Å². The second kappa shape index (κ2) is 8.47. The topological polar surface area (TPSA) is 118 Å². The first-order valence-electron chi connectivity index (χ1n) is 7.37. The van der Waals surface area contributed by atoms with Crippen LogP contribution < -0.4 is 14.8 Å². The van der Waals surface area contributed by atoms with Crippen molar-refractivity contribution in [2.24, 2.45) is 0 Å². The molecule has 1 heterocycles. The summed E-state index contributed by atoms with van der Waals surface area (Å²) in [5.41, 5.74) is 0.295. The molecule has 0 aliphatic rings. The minimum absolute atomic E-state index is 0.0405. The van der Waals surface area contributed by atoms with Gasteiger partial charge in [-0.15, -0.1) is 4.73 Å². The molecule has 1 aromatic carbocycles. The van der Waals surface area contributed by atoms with Crippen molar-refractivity contribution in [1.82, 2.24) is 0 Å². The zero-order valence-electron chi connectivity index (χ0n) is 14.1. The van der Waals surface area contributed by atoms with Crippen molar-refractivity contribution in [3.05, 3.63) is 58.9 Å². The third-order valence-electron chi connectivity index (χ3n) is 3.20. The van der Waals surface area contributed by atoms with Crippen molar-refractivity contribution in [2.45, 2.75) is 0 Å². The molecule has 0 radical (unpaired) electrons. The maximum Gasteiger partial charge on any atom is 0.379 e. The molecule has 0 fully saturated rings. The highest BCUT2D eigenvalue weighted by atomic mass is 16.6. The maximum absolute atomic E-state index is 12.0. The second-order valence-electron chi connectivity index (χ2n) is 4.98. The lowest BCUT2D eigenvalue weighted by molar-refractivity contribution is -0.612. The molecule has 136 valence electrons. The number of carbonyl (C=O) groups is 3. The van der Waals surface area contributed by atoms with Crippen LogP contribution in [-0.2, 0) is 14.3 Å². The molecule has 0 spiro atoms. The molecule has 9 heteroatoms. The van der Waals surface area contributed by atoms with Crippen LogP contribution in [0.1, 0.15) is 20.7 Å². The fourth-order valence-corrected chi connectivity index (χ4v) is 2.03. The molecule has 1 amide bonds. The molecule has 0 bridgehead atoms. The van der Waals surface area contributed by atoms with Gasteiger partial charge >= 0.3 is 17.8 Å². The molecule has 0 saturated heterocycles. The number of aromatic nitrogens is 1. The van der Waals surface area contributed by atoms with Gasteiger partial charge in [-0.25, -0.2) is 9.59 Å². The number of nitrogens with zero attached hydrogens (tertiary/aromatic N) is 1. The first kappa shape index (κ1) is 18.7. The summed E-state index contributed by atoms with van der Waals surface area (Å²) in [5.74, 6) is -1.99. The number of benzene rings is 1. The Kier molecular flexibility index (Phi) is 6.10. The minimum atomic E-state index is -0.681. The van der Waals surface area contributed by atoms with E-state index in [4.69, 9.17) is 4.74 Å². The number of methoxy groups -OCH3 is 2. The first-order chi connectivity index (χ1) is 12.4. The van der Waals surface area contributed by atoms with Gasteiger partial charge in [-0.2, -0.15) is 0 Å². The molecule has 1 aromatic heterocycles. The highest BCUT2D eigenvalue weighted by Gasteiger charge is 2.15. The Balaban J connectivity index is 2.14. The Labute approximate surface area is 148 Å². The number of anilines is 1. The zero-order valence-corrected chi connectivity index (χ0v) is 14.1. The van der Waals surface area contributed by atoms with E-state index in [2.05, 4.69) is 14.8 Å². The van der Waals surface area contributed by atoms with Gasteiger partial charge in [0.2, 0.25) is 0 Å². The summed E-state index contributed by atoms with van der Waals surface area (Å²) in [6.07, 6.45) is 1.23. The number of ether oxygens (including phenoxy) is 3. The van der Waals surface area contributed by atoms with E-state index >= 15 is 0 Å². The molecule has 1 N–H and O–H groups in total. The standard InChI is InChI=1S/C17H16N2O7/c1-24-16(21)11-7-12(17(22)25-2)9-13(8-11)18-14(20)10-26-15-5-3-4-6-19(15)23/h3-9H,10H2,1-2H3,(H,18,20). The van der Waals surface area contributed by atoms with E-state index in [-0.39, 0.29) is 22.7 Å². The predicted molar refractivity (Wildman–Crippen MR) is 88.6 cm³/mol. The normalized spacial score (nSPS) is 9.92. The molecule has 0 aliphatic carbocycles. The lowest BCUT2D eigenvalue weighted by Crippen LogP contribution is -2.30. The Bertz CT molecular complexity index is 801. The predicted octanol–water partition coefficient (Wildman–Crippen LogP) is 0.911. The van der Waals surface area contributed by atoms with Gasteiger partial charge in [0.15, 0.2) is 12.8 Å². The van der Waals surface area contributed by atoms with Crippen LogP contribution in [0, 0.1) is 5.21 Å². The third-order valence-corrected chi connectivity index (χ3v) is 3.20.